The summed E-state index contributed by atoms with van der Waals surface area (Å²) in [6, 6.07) is 2.07. The number of hydrogen-bond acceptors (Lipinski definition) is 3. The first kappa shape index (κ1) is 10.3. The molecule has 0 amide bonds. The van der Waals surface area contributed by atoms with E-state index in [4.69, 9.17) is 4.74 Å². The van der Waals surface area contributed by atoms with Gasteiger partial charge in [0.15, 0.2) is 0 Å². The zero-order chi connectivity index (χ0) is 9.68. The zero-order valence-electron chi connectivity index (χ0n) is 8.00. The Morgan fingerprint density at radius 3 is 2.92 bits per heavy atom. The summed E-state index contributed by atoms with van der Waals surface area (Å²) < 4.78 is 4.84. The molecule has 3 heteroatoms. The van der Waals surface area contributed by atoms with E-state index in [-0.39, 0.29) is 5.97 Å². The van der Waals surface area contributed by atoms with Crippen LogP contribution in [0.15, 0.2) is 11.4 Å². The number of ether oxygens (including phenoxy) is 1. The highest BCUT2D eigenvalue weighted by Crippen LogP contribution is 2.16. The number of rotatable bonds is 4. The van der Waals surface area contributed by atoms with Crippen molar-refractivity contribution in [1.82, 2.24) is 0 Å². The molecule has 0 spiro atoms. The van der Waals surface area contributed by atoms with E-state index < -0.39 is 0 Å². The number of thiophene rings is 1. The third-order valence-corrected chi connectivity index (χ3v) is 2.76. The van der Waals surface area contributed by atoms with Crippen molar-refractivity contribution in [3.05, 3.63) is 21.9 Å². The summed E-state index contributed by atoms with van der Waals surface area (Å²) in [5.74, 6) is -0.104. The lowest BCUT2D eigenvalue weighted by atomic mass is 10.1. The first-order valence-electron chi connectivity index (χ1n) is 4.42. The van der Waals surface area contributed by atoms with Crippen LogP contribution in [0.1, 0.15) is 23.8 Å². The van der Waals surface area contributed by atoms with Gasteiger partial charge in [0.2, 0.25) is 0 Å². The normalized spacial score (nSPS) is 10.0. The summed E-state index contributed by atoms with van der Waals surface area (Å²) in [6.07, 6.45) is 1.29. The molecule has 0 N–H and O–H groups in total. The molecule has 0 unspecified atom stereocenters. The van der Waals surface area contributed by atoms with Crippen molar-refractivity contribution in [2.75, 3.05) is 6.61 Å². The Hall–Kier alpha value is -0.830. The number of aryl methyl sites for hydroxylation is 2. The minimum absolute atomic E-state index is 0.104. The molecule has 1 heterocycles. The minimum atomic E-state index is -0.104. The van der Waals surface area contributed by atoms with Gasteiger partial charge in [-0.15, -0.1) is 11.3 Å². The Labute approximate surface area is 82.5 Å². The zero-order valence-corrected chi connectivity index (χ0v) is 8.82. The predicted molar refractivity (Wildman–Crippen MR) is 54.0 cm³/mol. The van der Waals surface area contributed by atoms with Crippen LogP contribution in [0.4, 0.5) is 0 Å². The van der Waals surface area contributed by atoms with E-state index in [0.717, 1.165) is 6.42 Å². The highest BCUT2D eigenvalue weighted by atomic mass is 32.1. The van der Waals surface area contributed by atoms with Crippen LogP contribution >= 0.6 is 11.3 Å². The van der Waals surface area contributed by atoms with Crippen molar-refractivity contribution < 1.29 is 9.53 Å². The third-order valence-electron chi connectivity index (χ3n) is 1.87. The largest absolute Gasteiger partial charge is 0.466 e. The van der Waals surface area contributed by atoms with E-state index in [1.807, 2.05) is 6.92 Å². The number of hydrogen-bond donors (Lipinski definition) is 0. The molecule has 1 aromatic heterocycles. The molecule has 1 rings (SSSR count). The second-order valence-corrected chi connectivity index (χ2v) is 3.93. The van der Waals surface area contributed by atoms with Crippen LogP contribution in [0.3, 0.4) is 0 Å². The van der Waals surface area contributed by atoms with Gasteiger partial charge in [0.05, 0.1) is 6.61 Å². The Morgan fingerprint density at radius 2 is 2.38 bits per heavy atom. The fourth-order valence-electron chi connectivity index (χ4n) is 1.14. The topological polar surface area (TPSA) is 26.3 Å². The number of esters is 1. The second kappa shape index (κ2) is 5.02. The van der Waals surface area contributed by atoms with E-state index in [1.54, 1.807) is 11.3 Å². The van der Waals surface area contributed by atoms with Crippen LogP contribution in [0, 0.1) is 6.92 Å². The highest BCUT2D eigenvalue weighted by Gasteiger charge is 2.04. The fraction of sp³-hybridized carbons (Fsp3) is 0.500. The molecule has 0 bridgehead atoms. The molecule has 0 aromatic carbocycles. The summed E-state index contributed by atoms with van der Waals surface area (Å²) in [6.45, 7) is 4.38. The molecule has 0 aliphatic carbocycles. The molecule has 0 aliphatic heterocycles. The summed E-state index contributed by atoms with van der Waals surface area (Å²) in [5.41, 5.74) is 1.26. The lowest BCUT2D eigenvalue weighted by Crippen LogP contribution is -2.05. The molecule has 13 heavy (non-hydrogen) atoms. The molecule has 0 radical (unpaired) electrons. The third kappa shape index (κ3) is 3.19. The van der Waals surface area contributed by atoms with Crippen LogP contribution in [0.25, 0.3) is 0 Å². The molecule has 0 fully saturated rings. The molecule has 2 nitrogen and oxygen atoms in total. The van der Waals surface area contributed by atoms with Crippen molar-refractivity contribution in [3.8, 4) is 0 Å². The summed E-state index contributed by atoms with van der Waals surface area (Å²) in [5, 5.41) is 2.05. The summed E-state index contributed by atoms with van der Waals surface area (Å²) >= 11 is 1.72. The first-order chi connectivity index (χ1) is 6.24. The second-order valence-electron chi connectivity index (χ2n) is 2.81. The first-order valence-corrected chi connectivity index (χ1v) is 5.30. The Bertz CT molecular complexity index is 278. The van der Waals surface area contributed by atoms with Crippen LogP contribution < -0.4 is 0 Å². The van der Waals surface area contributed by atoms with Crippen LogP contribution in [-0.2, 0) is 16.0 Å². The van der Waals surface area contributed by atoms with Crippen molar-refractivity contribution >= 4 is 17.3 Å². The van der Waals surface area contributed by atoms with Crippen molar-refractivity contribution in [2.24, 2.45) is 0 Å². The lowest BCUT2D eigenvalue weighted by molar-refractivity contribution is -0.143. The molecular formula is C10H14O2S. The lowest BCUT2D eigenvalue weighted by Gasteiger charge is -2.00. The average Bonchev–Trinajstić information content (AvgIpc) is 2.48. The molecule has 0 saturated carbocycles. The van der Waals surface area contributed by atoms with Gasteiger partial charge in [-0.2, -0.15) is 0 Å². The average molecular weight is 198 g/mol. The fourth-order valence-corrected chi connectivity index (χ4v) is 1.90. The van der Waals surface area contributed by atoms with Crippen LogP contribution in [0.5, 0.6) is 0 Å². The minimum Gasteiger partial charge on any atom is -0.466 e. The van der Waals surface area contributed by atoms with Gasteiger partial charge in [0.25, 0.3) is 0 Å². The van der Waals surface area contributed by atoms with Gasteiger partial charge in [-0.3, -0.25) is 4.79 Å². The molecule has 0 aliphatic rings. The number of carbonyl (C=O) groups is 1. The molecule has 72 valence electrons. The van der Waals surface area contributed by atoms with Crippen molar-refractivity contribution in [1.29, 1.82) is 0 Å². The molecule has 0 saturated heterocycles. The van der Waals surface area contributed by atoms with Crippen LogP contribution in [0.2, 0.25) is 0 Å². The van der Waals surface area contributed by atoms with Gasteiger partial charge >= 0.3 is 5.97 Å². The van der Waals surface area contributed by atoms with Gasteiger partial charge in [-0.25, -0.2) is 0 Å². The van der Waals surface area contributed by atoms with E-state index in [0.29, 0.717) is 13.0 Å². The maximum Gasteiger partial charge on any atom is 0.306 e. The van der Waals surface area contributed by atoms with E-state index in [9.17, 15) is 4.79 Å². The SMILES string of the molecule is CCOC(=O)CCc1ccsc1C. The van der Waals surface area contributed by atoms with Crippen molar-refractivity contribution in [2.45, 2.75) is 26.7 Å². The van der Waals surface area contributed by atoms with E-state index >= 15 is 0 Å². The van der Waals surface area contributed by atoms with E-state index in [1.165, 1.54) is 10.4 Å². The predicted octanol–water partition coefficient (Wildman–Crippen LogP) is 2.55. The van der Waals surface area contributed by atoms with Gasteiger partial charge in [0.1, 0.15) is 0 Å². The maximum atomic E-state index is 11.0. The Balaban J connectivity index is 2.35. The standard InChI is InChI=1S/C10H14O2S/c1-3-12-10(11)5-4-9-6-7-13-8(9)2/h6-7H,3-5H2,1-2H3. The highest BCUT2D eigenvalue weighted by molar-refractivity contribution is 7.10. The monoisotopic (exact) mass is 198 g/mol. The Morgan fingerprint density at radius 1 is 1.62 bits per heavy atom. The quantitative estimate of drug-likeness (QED) is 0.695. The van der Waals surface area contributed by atoms with Gasteiger partial charge in [-0.1, -0.05) is 0 Å². The van der Waals surface area contributed by atoms with Gasteiger partial charge in [0, 0.05) is 11.3 Å². The summed E-state index contributed by atoms with van der Waals surface area (Å²) in [4.78, 5) is 12.3. The summed E-state index contributed by atoms with van der Waals surface area (Å²) in [7, 11) is 0. The maximum absolute atomic E-state index is 11.0. The van der Waals surface area contributed by atoms with Crippen LogP contribution in [-0.4, -0.2) is 12.6 Å². The van der Waals surface area contributed by atoms with Gasteiger partial charge < -0.3 is 4.74 Å². The number of carbonyl (C=O) groups excluding carboxylic acids is 1. The Kier molecular flexibility index (Phi) is 3.96. The molecular weight excluding hydrogens is 184 g/mol. The van der Waals surface area contributed by atoms with E-state index in [2.05, 4.69) is 18.4 Å². The molecule has 1 aromatic rings. The van der Waals surface area contributed by atoms with Gasteiger partial charge in [-0.05, 0) is 37.3 Å². The van der Waals surface area contributed by atoms with Crippen molar-refractivity contribution in [3.63, 3.8) is 0 Å². The smallest absolute Gasteiger partial charge is 0.306 e. The molecule has 0 atom stereocenters.